The van der Waals surface area contributed by atoms with Gasteiger partial charge >= 0.3 is 5.97 Å². The lowest BCUT2D eigenvalue weighted by atomic mass is 10.2. The summed E-state index contributed by atoms with van der Waals surface area (Å²) in [6.07, 6.45) is 7.46. The number of ether oxygens (including phenoxy) is 1. The van der Waals surface area contributed by atoms with Gasteiger partial charge in [-0.15, -0.1) is 22.7 Å². The van der Waals surface area contributed by atoms with Gasteiger partial charge in [0.25, 0.3) is 16.1 Å². The van der Waals surface area contributed by atoms with Crippen LogP contribution >= 0.6 is 69.1 Å². The van der Waals surface area contributed by atoms with Crippen molar-refractivity contribution in [1.29, 1.82) is 0 Å². The Bertz CT molecular complexity index is 3300. The van der Waals surface area contributed by atoms with Crippen molar-refractivity contribution in [2.45, 2.75) is 49.2 Å². The fourth-order valence-electron chi connectivity index (χ4n) is 7.31. The smallest absolute Gasteiger partial charge is 0.329 e. The zero-order chi connectivity index (χ0) is 43.4. The third kappa shape index (κ3) is 7.88. The maximum Gasteiger partial charge on any atom is 0.329 e. The Balaban J connectivity index is 1.19. The first-order chi connectivity index (χ1) is 29.9. The summed E-state index contributed by atoms with van der Waals surface area (Å²) in [5.41, 5.74) is 2.55. The topological polar surface area (TPSA) is 120 Å². The summed E-state index contributed by atoms with van der Waals surface area (Å²) in [6.45, 7) is 4.55. The number of hydrogen-bond donors (Lipinski definition) is 0. The van der Waals surface area contributed by atoms with Crippen molar-refractivity contribution in [2.24, 2.45) is 0 Å². The Labute approximate surface area is 378 Å². The van der Waals surface area contributed by atoms with Crippen LogP contribution in [0.2, 0.25) is 5.02 Å². The summed E-state index contributed by atoms with van der Waals surface area (Å²) in [7, 11) is 5.09. The molecule has 7 heterocycles. The van der Waals surface area contributed by atoms with E-state index in [0.717, 1.165) is 35.8 Å². The number of rotatable bonds is 9. The van der Waals surface area contributed by atoms with Crippen molar-refractivity contribution >= 4 is 109 Å². The van der Waals surface area contributed by atoms with Gasteiger partial charge < -0.3 is 19.1 Å². The standard InChI is InChI=1S/C43H36ClFN7O5S5/c1-6-51-35(61-37(39(51)53)41-48(3)29-12-10-24(44)16-32(29)59-41)20-34-50(21-27-15-23(2)57-47-27)22-28(58-34)19-31(43(55)56-5)52-36(18-26-9-7-8-14-46-26)62-38(40(52)54)42-49(4)30-13-11-25(45)17-33(30)60-42/h7-18,20,22,31H,6,19,21H2,1-5H3/q+1. The normalized spacial score (nSPS) is 16.4. The molecule has 0 radical (unpaired) electrons. The number of carbonyl (C=O) groups excluding carboxylic acids is 1. The number of aromatic nitrogens is 5. The molecule has 19 heteroatoms. The Morgan fingerprint density at radius 1 is 0.935 bits per heavy atom. The van der Waals surface area contributed by atoms with Crippen LogP contribution in [0.4, 0.5) is 15.8 Å². The molecule has 0 spiro atoms. The summed E-state index contributed by atoms with van der Waals surface area (Å²) in [6, 6.07) is 16.5. The van der Waals surface area contributed by atoms with E-state index in [2.05, 4.69) is 10.1 Å². The quantitative estimate of drug-likeness (QED) is 0.139. The molecule has 12 nitrogen and oxygen atoms in total. The number of carbonyl (C=O) groups is 1. The van der Waals surface area contributed by atoms with E-state index in [1.165, 1.54) is 81.3 Å². The minimum absolute atomic E-state index is 0.0975. The average molecular weight is 946 g/mol. The summed E-state index contributed by atoms with van der Waals surface area (Å²) in [5.74, 6) is -0.316. The minimum Gasteiger partial charge on any atom is -0.467 e. The number of thioether (sulfide) groups is 2. The second-order valence-electron chi connectivity index (χ2n) is 14.3. The molecule has 0 saturated carbocycles. The zero-order valence-corrected chi connectivity index (χ0v) is 38.6. The van der Waals surface area contributed by atoms with Crippen molar-refractivity contribution < 1.29 is 23.0 Å². The van der Waals surface area contributed by atoms with E-state index in [0.29, 0.717) is 58.9 Å². The molecule has 0 N–H and O–H groups in total. The van der Waals surface area contributed by atoms with Crippen LogP contribution in [0, 0.1) is 12.7 Å². The molecule has 7 aromatic rings. The second kappa shape index (κ2) is 17.1. The predicted molar refractivity (Wildman–Crippen MR) is 246 cm³/mol. The molecule has 9 rings (SSSR count). The molecule has 2 aliphatic rings. The lowest BCUT2D eigenvalue weighted by Crippen LogP contribution is -2.40. The van der Waals surface area contributed by atoms with E-state index in [9.17, 15) is 18.8 Å². The first kappa shape index (κ1) is 42.1. The number of fused-ring (bicyclic) bond motifs is 2. The highest BCUT2D eigenvalue weighted by Gasteiger charge is 2.32. The molecule has 0 fully saturated rings. The molecule has 0 saturated heterocycles. The summed E-state index contributed by atoms with van der Waals surface area (Å²) in [4.78, 5) is 53.6. The van der Waals surface area contributed by atoms with E-state index >= 15 is 0 Å². The van der Waals surface area contributed by atoms with Gasteiger partial charge in [0.05, 0.1) is 35.1 Å². The maximum absolute atomic E-state index is 14.8. The predicted octanol–water partition coefficient (Wildman–Crippen LogP) is 5.26. The number of anilines is 2. The summed E-state index contributed by atoms with van der Waals surface area (Å²) < 4.78 is 32.6. The van der Waals surface area contributed by atoms with Gasteiger partial charge in [0.2, 0.25) is 0 Å². The number of thiazole rings is 3. The Hall–Kier alpha value is -5.24. The van der Waals surface area contributed by atoms with Crippen molar-refractivity contribution in [3.63, 3.8) is 0 Å². The van der Waals surface area contributed by atoms with Crippen LogP contribution in [-0.4, -0.2) is 46.4 Å². The first-order valence-corrected chi connectivity index (χ1v) is 23.6. The van der Waals surface area contributed by atoms with E-state index in [4.69, 9.17) is 20.9 Å². The fourth-order valence-corrected chi connectivity index (χ4v) is 13.7. The highest BCUT2D eigenvalue weighted by Crippen LogP contribution is 2.47. The fraction of sp³-hybridized carbons (Fsp3) is 0.209. The minimum atomic E-state index is -1.08. The van der Waals surface area contributed by atoms with Gasteiger partial charge in [0.15, 0.2) is 12.7 Å². The number of methoxy groups -OCH3 is 1. The molecule has 0 amide bonds. The van der Waals surface area contributed by atoms with Crippen LogP contribution in [0.25, 0.3) is 22.2 Å². The average Bonchev–Trinajstić information content (AvgIpc) is 4.10. The first-order valence-electron chi connectivity index (χ1n) is 19.2. The van der Waals surface area contributed by atoms with Crippen LogP contribution in [0.3, 0.4) is 0 Å². The molecule has 2 aromatic carbocycles. The SMILES string of the molecule is CCn1c(=Cc2sc(CC(C(=O)OC)n3c(=Cc4ccccn4)sc(=C4Sc5cc(F)ccc5N4C)c3=O)c[n+]2Cc2cc(C)on2)sc(=C2Sc3cc(Cl)ccc3N2C)c1=O. The van der Waals surface area contributed by atoms with Crippen LogP contribution < -0.4 is 43.9 Å². The van der Waals surface area contributed by atoms with Gasteiger partial charge in [-0.2, -0.15) is 4.57 Å². The number of pyridine rings is 1. The van der Waals surface area contributed by atoms with E-state index < -0.39 is 12.0 Å². The molecule has 5 aromatic heterocycles. The van der Waals surface area contributed by atoms with E-state index in [1.807, 2.05) is 91.0 Å². The van der Waals surface area contributed by atoms with Gasteiger partial charge in [-0.3, -0.25) is 23.7 Å². The van der Waals surface area contributed by atoms with Gasteiger partial charge in [-0.05, 0) is 68.5 Å². The molecule has 316 valence electrons. The second-order valence-corrected chi connectivity index (χ2v) is 20.0. The number of nitrogens with zero attached hydrogens (tertiary/aromatic N) is 7. The monoisotopic (exact) mass is 944 g/mol. The largest absolute Gasteiger partial charge is 0.467 e. The third-order valence-corrected chi connectivity index (χ3v) is 16.5. The van der Waals surface area contributed by atoms with Crippen molar-refractivity contribution in [2.75, 3.05) is 31.0 Å². The molecule has 0 aliphatic carbocycles. The van der Waals surface area contributed by atoms with Crippen LogP contribution in [0.1, 0.15) is 40.0 Å². The Kier molecular flexibility index (Phi) is 11.6. The molecule has 1 atom stereocenters. The number of benzene rings is 2. The summed E-state index contributed by atoms with van der Waals surface area (Å²) in [5, 5.41) is 7.11. The molecular weight excluding hydrogens is 909 g/mol. The summed E-state index contributed by atoms with van der Waals surface area (Å²) >= 11 is 13.2. The highest BCUT2D eigenvalue weighted by atomic mass is 35.5. The van der Waals surface area contributed by atoms with Crippen LogP contribution in [0.15, 0.2) is 97.0 Å². The van der Waals surface area contributed by atoms with Crippen molar-refractivity contribution in [3.8, 4) is 0 Å². The lowest BCUT2D eigenvalue weighted by molar-refractivity contribution is -0.686. The van der Waals surface area contributed by atoms with Crippen molar-refractivity contribution in [1.82, 2.24) is 19.3 Å². The van der Waals surface area contributed by atoms with Crippen LogP contribution in [-0.2, 0) is 29.0 Å². The zero-order valence-electron chi connectivity index (χ0n) is 33.8. The number of halogens is 2. The Morgan fingerprint density at radius 3 is 2.32 bits per heavy atom. The molecule has 1 unspecified atom stereocenters. The maximum atomic E-state index is 14.8. The molecular formula is C43H36ClFN7O5S5+. The van der Waals surface area contributed by atoms with E-state index in [1.54, 1.807) is 29.0 Å². The Morgan fingerprint density at radius 2 is 1.65 bits per heavy atom. The van der Waals surface area contributed by atoms with Gasteiger partial charge in [-0.25, -0.2) is 9.18 Å². The van der Waals surface area contributed by atoms with E-state index in [-0.39, 0.29) is 23.4 Å². The van der Waals surface area contributed by atoms with Crippen LogP contribution in [0.5, 0.6) is 0 Å². The third-order valence-electron chi connectivity index (χ3n) is 10.3. The van der Waals surface area contributed by atoms with Gasteiger partial charge in [0, 0.05) is 54.1 Å². The molecule has 0 bridgehead atoms. The number of aryl methyl sites for hydroxylation is 1. The highest BCUT2D eigenvalue weighted by molar-refractivity contribution is 8.09. The van der Waals surface area contributed by atoms with Gasteiger partial charge in [-0.1, -0.05) is 57.7 Å². The van der Waals surface area contributed by atoms with Crippen molar-refractivity contribution in [3.05, 3.63) is 150 Å². The molecule has 2 aliphatic heterocycles. The number of hydrogen-bond acceptors (Lipinski definition) is 14. The number of esters is 1. The van der Waals surface area contributed by atoms with Gasteiger partial charge in [0.1, 0.15) is 51.8 Å². The lowest BCUT2D eigenvalue weighted by Gasteiger charge is -2.15. The molecule has 62 heavy (non-hydrogen) atoms.